The van der Waals surface area contributed by atoms with E-state index in [0.717, 1.165) is 22.5 Å². The number of nitrogens with zero attached hydrogens (tertiary/aromatic N) is 1. The molecule has 25 heavy (non-hydrogen) atoms. The zero-order chi connectivity index (χ0) is 17.2. The quantitative estimate of drug-likeness (QED) is 0.607. The van der Waals surface area contributed by atoms with E-state index >= 15 is 0 Å². The minimum Gasteiger partial charge on any atom is -0.380 e. The standard InChI is InChI=1S/C23H22N2/c1-16-17(2)24-23-20(16)14-9-15-21(23)25-22(18-10-5-3-6-11-18)19-12-7-4-8-13-19/h3-17,24H,1-2H3. The molecule has 0 aliphatic carbocycles. The third-order valence-electron chi connectivity index (χ3n) is 5.01. The van der Waals surface area contributed by atoms with Gasteiger partial charge >= 0.3 is 0 Å². The van der Waals surface area contributed by atoms with Crippen LogP contribution in [0.1, 0.15) is 36.5 Å². The van der Waals surface area contributed by atoms with Gasteiger partial charge in [0.05, 0.1) is 17.1 Å². The number of hydrogen-bond acceptors (Lipinski definition) is 2. The maximum Gasteiger partial charge on any atom is 0.0871 e. The van der Waals surface area contributed by atoms with Crippen molar-refractivity contribution < 1.29 is 0 Å². The molecule has 2 atom stereocenters. The highest BCUT2D eigenvalue weighted by atomic mass is 15.0. The molecular weight excluding hydrogens is 304 g/mol. The van der Waals surface area contributed by atoms with Crippen molar-refractivity contribution in [2.45, 2.75) is 25.8 Å². The second-order valence-electron chi connectivity index (χ2n) is 6.66. The Kier molecular flexibility index (Phi) is 4.10. The number of nitrogens with one attached hydrogen (secondary N) is 1. The minimum absolute atomic E-state index is 0.434. The predicted molar refractivity (Wildman–Crippen MR) is 106 cm³/mol. The van der Waals surface area contributed by atoms with E-state index < -0.39 is 0 Å². The van der Waals surface area contributed by atoms with Crippen molar-refractivity contribution in [2.24, 2.45) is 4.99 Å². The summed E-state index contributed by atoms with van der Waals surface area (Å²) in [5, 5.41) is 3.62. The lowest BCUT2D eigenvalue weighted by atomic mass is 9.98. The molecule has 0 spiro atoms. The number of anilines is 1. The highest BCUT2D eigenvalue weighted by molar-refractivity contribution is 6.14. The number of rotatable bonds is 3. The Bertz CT molecular complexity index is 856. The lowest BCUT2D eigenvalue weighted by molar-refractivity contribution is 0.690. The molecule has 2 nitrogen and oxygen atoms in total. The van der Waals surface area contributed by atoms with Crippen LogP contribution >= 0.6 is 0 Å². The van der Waals surface area contributed by atoms with Gasteiger partial charge < -0.3 is 5.32 Å². The third kappa shape index (κ3) is 2.96. The topological polar surface area (TPSA) is 24.4 Å². The van der Waals surface area contributed by atoms with Gasteiger partial charge in [0.25, 0.3) is 0 Å². The Hall–Kier alpha value is -2.87. The van der Waals surface area contributed by atoms with Gasteiger partial charge in [0.1, 0.15) is 0 Å². The van der Waals surface area contributed by atoms with E-state index in [9.17, 15) is 0 Å². The Morgan fingerprint density at radius 1 is 0.760 bits per heavy atom. The highest BCUT2D eigenvalue weighted by Crippen LogP contribution is 2.41. The van der Waals surface area contributed by atoms with E-state index in [-0.39, 0.29) is 0 Å². The normalized spacial score (nSPS) is 18.3. The van der Waals surface area contributed by atoms with Gasteiger partial charge in [-0.15, -0.1) is 0 Å². The van der Waals surface area contributed by atoms with E-state index in [1.165, 1.54) is 11.3 Å². The van der Waals surface area contributed by atoms with Crippen LogP contribution in [-0.2, 0) is 0 Å². The van der Waals surface area contributed by atoms with Crippen LogP contribution in [-0.4, -0.2) is 11.8 Å². The van der Waals surface area contributed by atoms with Crippen molar-refractivity contribution in [2.75, 3.05) is 5.32 Å². The minimum atomic E-state index is 0.434. The van der Waals surface area contributed by atoms with Crippen LogP contribution in [0.15, 0.2) is 83.9 Å². The SMILES string of the molecule is CC1Nc2c(N=C(c3ccccc3)c3ccccc3)cccc2C1C. The van der Waals surface area contributed by atoms with E-state index in [1.807, 2.05) is 12.1 Å². The van der Waals surface area contributed by atoms with E-state index in [1.54, 1.807) is 0 Å². The van der Waals surface area contributed by atoms with Crippen LogP contribution in [0.4, 0.5) is 11.4 Å². The van der Waals surface area contributed by atoms with Crippen LogP contribution in [0.3, 0.4) is 0 Å². The van der Waals surface area contributed by atoms with Gasteiger partial charge in [0, 0.05) is 23.1 Å². The van der Waals surface area contributed by atoms with Gasteiger partial charge in [0.2, 0.25) is 0 Å². The van der Waals surface area contributed by atoms with Crippen molar-refractivity contribution >= 4 is 17.1 Å². The molecule has 0 bridgehead atoms. The Balaban J connectivity index is 1.88. The summed E-state index contributed by atoms with van der Waals surface area (Å²) in [6.45, 7) is 4.50. The van der Waals surface area contributed by atoms with Crippen LogP contribution in [0.2, 0.25) is 0 Å². The summed E-state index contributed by atoms with van der Waals surface area (Å²) in [5.41, 5.74) is 6.80. The summed E-state index contributed by atoms with van der Waals surface area (Å²) in [5.74, 6) is 0.502. The lowest BCUT2D eigenvalue weighted by Gasteiger charge is -2.11. The largest absolute Gasteiger partial charge is 0.380 e. The maximum absolute atomic E-state index is 5.09. The zero-order valence-electron chi connectivity index (χ0n) is 14.6. The highest BCUT2D eigenvalue weighted by Gasteiger charge is 2.27. The average Bonchev–Trinajstić information content (AvgIpc) is 2.96. The van der Waals surface area contributed by atoms with E-state index in [4.69, 9.17) is 4.99 Å². The second-order valence-corrected chi connectivity index (χ2v) is 6.66. The molecule has 0 amide bonds. The van der Waals surface area contributed by atoms with Crippen LogP contribution in [0.5, 0.6) is 0 Å². The van der Waals surface area contributed by atoms with E-state index in [0.29, 0.717) is 12.0 Å². The molecular formula is C23H22N2. The van der Waals surface area contributed by atoms with Crippen molar-refractivity contribution in [3.05, 3.63) is 95.6 Å². The first-order valence-electron chi connectivity index (χ1n) is 8.83. The van der Waals surface area contributed by atoms with Gasteiger partial charge in [0.15, 0.2) is 0 Å². The number of benzene rings is 3. The Morgan fingerprint density at radius 2 is 1.36 bits per heavy atom. The van der Waals surface area contributed by atoms with Crippen molar-refractivity contribution in [1.29, 1.82) is 0 Å². The lowest BCUT2D eigenvalue weighted by Crippen LogP contribution is -2.12. The molecule has 0 fully saturated rings. The molecule has 0 saturated carbocycles. The molecule has 0 radical (unpaired) electrons. The number of aliphatic imine (C=N–C) groups is 1. The van der Waals surface area contributed by atoms with Crippen LogP contribution in [0, 0.1) is 0 Å². The van der Waals surface area contributed by atoms with Crippen LogP contribution < -0.4 is 5.32 Å². The van der Waals surface area contributed by atoms with Crippen molar-refractivity contribution in [3.8, 4) is 0 Å². The molecule has 4 rings (SSSR count). The first kappa shape index (κ1) is 15.6. The zero-order valence-corrected chi connectivity index (χ0v) is 14.6. The van der Waals surface area contributed by atoms with Crippen LogP contribution in [0.25, 0.3) is 0 Å². The molecule has 1 aliphatic heterocycles. The molecule has 1 N–H and O–H groups in total. The molecule has 0 aromatic heterocycles. The summed E-state index contributed by atoms with van der Waals surface area (Å²) in [6, 6.07) is 27.7. The fraction of sp³-hybridized carbons (Fsp3) is 0.174. The summed E-state index contributed by atoms with van der Waals surface area (Å²) < 4.78 is 0. The van der Waals surface area contributed by atoms with Gasteiger partial charge in [-0.1, -0.05) is 79.7 Å². The van der Waals surface area contributed by atoms with Gasteiger partial charge in [-0.05, 0) is 18.6 Å². The van der Waals surface area contributed by atoms with Gasteiger partial charge in [-0.3, -0.25) is 0 Å². The number of fused-ring (bicyclic) bond motifs is 1. The van der Waals surface area contributed by atoms with Crippen molar-refractivity contribution in [1.82, 2.24) is 0 Å². The molecule has 1 heterocycles. The first-order chi connectivity index (χ1) is 12.2. The Morgan fingerprint density at radius 3 is 1.96 bits per heavy atom. The van der Waals surface area contributed by atoms with Crippen molar-refractivity contribution in [3.63, 3.8) is 0 Å². The Labute approximate surface area is 149 Å². The summed E-state index contributed by atoms with van der Waals surface area (Å²) in [7, 11) is 0. The summed E-state index contributed by atoms with van der Waals surface area (Å²) >= 11 is 0. The second kappa shape index (κ2) is 6.56. The summed E-state index contributed by atoms with van der Waals surface area (Å²) in [4.78, 5) is 5.09. The number of hydrogen-bond donors (Lipinski definition) is 1. The first-order valence-corrected chi connectivity index (χ1v) is 8.83. The van der Waals surface area contributed by atoms with Gasteiger partial charge in [-0.25, -0.2) is 4.99 Å². The fourth-order valence-electron chi connectivity index (χ4n) is 3.42. The summed E-state index contributed by atoms with van der Waals surface area (Å²) in [6.07, 6.45) is 0. The molecule has 2 heteroatoms. The van der Waals surface area contributed by atoms with Gasteiger partial charge in [-0.2, -0.15) is 0 Å². The smallest absolute Gasteiger partial charge is 0.0871 e. The number of para-hydroxylation sites is 1. The molecule has 3 aromatic carbocycles. The third-order valence-corrected chi connectivity index (χ3v) is 5.01. The predicted octanol–water partition coefficient (Wildman–Crippen LogP) is 5.77. The molecule has 3 aromatic rings. The molecule has 1 aliphatic rings. The average molecular weight is 326 g/mol. The van der Waals surface area contributed by atoms with E-state index in [2.05, 4.69) is 85.9 Å². The molecule has 2 unspecified atom stereocenters. The monoisotopic (exact) mass is 326 g/mol. The molecule has 124 valence electrons. The maximum atomic E-state index is 5.09. The molecule has 0 saturated heterocycles. The fourth-order valence-corrected chi connectivity index (χ4v) is 3.42.